The maximum absolute atomic E-state index is 12.8. The van der Waals surface area contributed by atoms with Crippen LogP contribution in [0, 0.1) is 0 Å². The van der Waals surface area contributed by atoms with Crippen LogP contribution in [0.1, 0.15) is 23.0 Å². The first-order chi connectivity index (χ1) is 11.9. The third-order valence-electron chi connectivity index (χ3n) is 3.70. The second-order valence-corrected chi connectivity index (χ2v) is 5.38. The molecule has 0 saturated carbocycles. The Morgan fingerprint density at radius 3 is 2.60 bits per heavy atom. The number of nitrogens with two attached hydrogens (primary N) is 1. The van der Waals surface area contributed by atoms with Gasteiger partial charge in [0.25, 0.3) is 0 Å². The molecule has 0 aliphatic rings. The SMILES string of the molecule is COc1cccc([C@@H](N)c2nc(-c3cccc(C(F)(F)F)c3)n[nH]2)c1. The molecule has 0 aliphatic carbocycles. The molecule has 2 aromatic carbocycles. The highest BCUT2D eigenvalue weighted by atomic mass is 19.4. The molecule has 1 aromatic heterocycles. The van der Waals surface area contributed by atoms with Gasteiger partial charge >= 0.3 is 6.18 Å². The second-order valence-electron chi connectivity index (χ2n) is 5.38. The molecule has 0 fully saturated rings. The van der Waals surface area contributed by atoms with Crippen LogP contribution in [-0.4, -0.2) is 22.3 Å². The molecule has 3 rings (SSSR count). The first-order valence-corrected chi connectivity index (χ1v) is 7.38. The minimum atomic E-state index is -4.42. The molecular formula is C17H15F3N4O. The Hall–Kier alpha value is -2.87. The summed E-state index contributed by atoms with van der Waals surface area (Å²) in [6.45, 7) is 0. The van der Waals surface area contributed by atoms with E-state index in [1.54, 1.807) is 31.4 Å². The van der Waals surface area contributed by atoms with Gasteiger partial charge in [0.2, 0.25) is 0 Å². The van der Waals surface area contributed by atoms with Gasteiger partial charge in [-0.25, -0.2) is 4.98 Å². The van der Waals surface area contributed by atoms with Crippen molar-refractivity contribution in [2.45, 2.75) is 12.2 Å². The molecule has 0 aliphatic heterocycles. The second kappa shape index (κ2) is 6.56. The Morgan fingerprint density at radius 1 is 1.12 bits per heavy atom. The van der Waals surface area contributed by atoms with Crippen LogP contribution in [0.4, 0.5) is 13.2 Å². The quantitative estimate of drug-likeness (QED) is 0.756. The van der Waals surface area contributed by atoms with E-state index in [0.717, 1.165) is 17.7 Å². The first-order valence-electron chi connectivity index (χ1n) is 7.38. The third-order valence-corrected chi connectivity index (χ3v) is 3.70. The molecule has 130 valence electrons. The summed E-state index contributed by atoms with van der Waals surface area (Å²) >= 11 is 0. The molecule has 0 saturated heterocycles. The summed E-state index contributed by atoms with van der Waals surface area (Å²) in [7, 11) is 1.55. The molecule has 25 heavy (non-hydrogen) atoms. The van der Waals surface area contributed by atoms with Gasteiger partial charge in [-0.2, -0.15) is 18.3 Å². The number of nitrogens with one attached hydrogen (secondary N) is 1. The van der Waals surface area contributed by atoms with E-state index in [0.29, 0.717) is 11.6 Å². The highest BCUT2D eigenvalue weighted by Gasteiger charge is 2.30. The van der Waals surface area contributed by atoms with Gasteiger partial charge in [0, 0.05) is 5.56 Å². The van der Waals surface area contributed by atoms with Crippen LogP contribution in [0.15, 0.2) is 48.5 Å². The number of alkyl halides is 3. The molecule has 0 unspecified atom stereocenters. The van der Waals surface area contributed by atoms with Crippen LogP contribution in [0.5, 0.6) is 5.75 Å². The highest BCUT2D eigenvalue weighted by molar-refractivity contribution is 5.56. The van der Waals surface area contributed by atoms with Crippen LogP contribution in [0.2, 0.25) is 0 Å². The third kappa shape index (κ3) is 3.63. The molecular weight excluding hydrogens is 333 g/mol. The zero-order valence-electron chi connectivity index (χ0n) is 13.2. The van der Waals surface area contributed by atoms with E-state index >= 15 is 0 Å². The number of hydrogen-bond acceptors (Lipinski definition) is 4. The summed E-state index contributed by atoms with van der Waals surface area (Å²) in [5.41, 5.74) is 6.41. The summed E-state index contributed by atoms with van der Waals surface area (Å²) in [5.74, 6) is 1.14. The van der Waals surface area contributed by atoms with Crippen molar-refractivity contribution >= 4 is 0 Å². The monoisotopic (exact) mass is 348 g/mol. The largest absolute Gasteiger partial charge is 0.497 e. The Kier molecular flexibility index (Phi) is 4.45. The number of methoxy groups -OCH3 is 1. The van der Waals surface area contributed by atoms with Gasteiger partial charge in [-0.05, 0) is 29.8 Å². The topological polar surface area (TPSA) is 76.8 Å². The molecule has 0 bridgehead atoms. The zero-order chi connectivity index (χ0) is 18.0. The maximum Gasteiger partial charge on any atom is 0.416 e. The van der Waals surface area contributed by atoms with Crippen molar-refractivity contribution in [3.05, 3.63) is 65.5 Å². The molecule has 0 amide bonds. The van der Waals surface area contributed by atoms with Gasteiger partial charge in [-0.3, -0.25) is 5.10 Å². The smallest absolute Gasteiger partial charge is 0.416 e. The van der Waals surface area contributed by atoms with E-state index < -0.39 is 17.8 Å². The van der Waals surface area contributed by atoms with Gasteiger partial charge in [-0.1, -0.05) is 24.3 Å². The maximum atomic E-state index is 12.8. The van der Waals surface area contributed by atoms with E-state index in [1.165, 1.54) is 12.1 Å². The van der Waals surface area contributed by atoms with E-state index in [2.05, 4.69) is 15.2 Å². The van der Waals surface area contributed by atoms with Crippen LogP contribution in [-0.2, 0) is 6.18 Å². The average Bonchev–Trinajstić information content (AvgIpc) is 3.10. The van der Waals surface area contributed by atoms with Crippen LogP contribution in [0.25, 0.3) is 11.4 Å². The Bertz CT molecular complexity index is 876. The average molecular weight is 348 g/mol. The number of H-pyrrole nitrogens is 1. The summed E-state index contributed by atoms with van der Waals surface area (Å²) in [4.78, 5) is 4.24. The van der Waals surface area contributed by atoms with Crippen molar-refractivity contribution in [1.29, 1.82) is 0 Å². The van der Waals surface area contributed by atoms with Gasteiger partial charge in [0.05, 0.1) is 18.7 Å². The van der Waals surface area contributed by atoms with E-state index in [4.69, 9.17) is 10.5 Å². The van der Waals surface area contributed by atoms with Gasteiger partial charge in [0.15, 0.2) is 5.82 Å². The summed E-state index contributed by atoms with van der Waals surface area (Å²) in [5, 5.41) is 6.67. The van der Waals surface area contributed by atoms with E-state index in [-0.39, 0.29) is 11.4 Å². The Morgan fingerprint density at radius 2 is 1.88 bits per heavy atom. The van der Waals surface area contributed by atoms with Crippen molar-refractivity contribution < 1.29 is 17.9 Å². The van der Waals surface area contributed by atoms with E-state index in [1.807, 2.05) is 0 Å². The van der Waals surface area contributed by atoms with E-state index in [9.17, 15) is 13.2 Å². The molecule has 0 radical (unpaired) electrons. The normalized spacial score (nSPS) is 12.8. The molecule has 3 N–H and O–H groups in total. The number of aromatic nitrogens is 3. The Balaban J connectivity index is 1.90. The fourth-order valence-corrected chi connectivity index (χ4v) is 2.37. The number of nitrogens with zero attached hydrogens (tertiary/aromatic N) is 2. The molecule has 8 heteroatoms. The number of benzene rings is 2. The number of hydrogen-bond donors (Lipinski definition) is 2. The molecule has 1 atom stereocenters. The number of rotatable bonds is 4. The lowest BCUT2D eigenvalue weighted by Crippen LogP contribution is -2.13. The number of ether oxygens (including phenoxy) is 1. The molecule has 0 spiro atoms. The van der Waals surface area contributed by atoms with Crippen molar-refractivity contribution in [2.24, 2.45) is 5.73 Å². The van der Waals surface area contributed by atoms with Crippen molar-refractivity contribution in [2.75, 3.05) is 7.11 Å². The first kappa shape index (κ1) is 17.0. The summed E-state index contributed by atoms with van der Waals surface area (Å²) in [6, 6.07) is 11.4. The fraction of sp³-hybridized carbons (Fsp3) is 0.176. The van der Waals surface area contributed by atoms with Gasteiger partial charge in [-0.15, -0.1) is 0 Å². The fourth-order valence-electron chi connectivity index (χ4n) is 2.37. The van der Waals surface area contributed by atoms with Crippen LogP contribution >= 0.6 is 0 Å². The van der Waals surface area contributed by atoms with Gasteiger partial charge in [0.1, 0.15) is 11.6 Å². The number of halogens is 3. The predicted molar refractivity (Wildman–Crippen MR) is 85.8 cm³/mol. The summed E-state index contributed by atoms with van der Waals surface area (Å²) in [6.07, 6.45) is -4.42. The van der Waals surface area contributed by atoms with Crippen LogP contribution in [0.3, 0.4) is 0 Å². The van der Waals surface area contributed by atoms with Crippen molar-refractivity contribution in [1.82, 2.24) is 15.2 Å². The zero-order valence-corrected chi connectivity index (χ0v) is 13.2. The predicted octanol–water partition coefficient (Wildman–Crippen LogP) is 3.55. The molecule has 1 heterocycles. The van der Waals surface area contributed by atoms with Crippen LogP contribution < -0.4 is 10.5 Å². The molecule has 3 aromatic rings. The standard InChI is InChI=1S/C17H15F3N4O/c1-25-13-7-3-4-10(9-13)14(21)16-22-15(23-24-16)11-5-2-6-12(8-11)17(18,19)20/h2-9,14H,21H2,1H3,(H,22,23,24)/t14-/m1/s1. The summed E-state index contributed by atoms with van der Waals surface area (Å²) < 4.78 is 43.6. The van der Waals surface area contributed by atoms with Crippen molar-refractivity contribution in [3.63, 3.8) is 0 Å². The van der Waals surface area contributed by atoms with Gasteiger partial charge < -0.3 is 10.5 Å². The lowest BCUT2D eigenvalue weighted by atomic mass is 10.1. The minimum absolute atomic E-state index is 0.152. The lowest BCUT2D eigenvalue weighted by Gasteiger charge is -2.10. The lowest BCUT2D eigenvalue weighted by molar-refractivity contribution is -0.137. The molecule has 5 nitrogen and oxygen atoms in total. The number of aromatic amines is 1. The highest BCUT2D eigenvalue weighted by Crippen LogP contribution is 2.31. The minimum Gasteiger partial charge on any atom is -0.497 e. The van der Waals surface area contributed by atoms with Crippen molar-refractivity contribution in [3.8, 4) is 17.1 Å². The Labute approximate surface area is 141 Å².